The van der Waals surface area contributed by atoms with Crippen LogP contribution in [0.4, 0.5) is 5.82 Å². The van der Waals surface area contributed by atoms with E-state index in [1.807, 2.05) is 4.98 Å². The summed E-state index contributed by atoms with van der Waals surface area (Å²) in [5, 5.41) is 44.4. The summed E-state index contributed by atoms with van der Waals surface area (Å²) in [4.78, 5) is 45.6. The van der Waals surface area contributed by atoms with Gasteiger partial charge in [-0.2, -0.15) is 20.2 Å². The van der Waals surface area contributed by atoms with Crippen LogP contribution in [0.5, 0.6) is 0 Å². The number of rotatable bonds is 6. The summed E-state index contributed by atoms with van der Waals surface area (Å²) in [6, 6.07) is 1.31. The number of nitrogens with one attached hydrogen (secondary N) is 2. The highest BCUT2D eigenvalue weighted by atomic mass is 16.7. The number of nitrogens with zero attached hydrogens (tertiary/aromatic N) is 4. The third kappa shape index (κ3) is 4.43. The topological polar surface area (TPSA) is 249 Å². The van der Waals surface area contributed by atoms with Crippen molar-refractivity contribution in [3.05, 3.63) is 49.8 Å². The molecule has 4 rings (SSSR count). The van der Waals surface area contributed by atoms with Gasteiger partial charge in [0.25, 0.3) is 5.56 Å². The average molecular weight is 471 g/mol. The minimum atomic E-state index is -1.57. The van der Waals surface area contributed by atoms with Crippen molar-refractivity contribution < 1.29 is 34.7 Å². The molecule has 17 nitrogen and oxygen atoms in total. The Morgan fingerprint density at radius 1 is 1.09 bits per heavy atom. The zero-order chi connectivity index (χ0) is 23.9. The monoisotopic (exact) mass is 471 g/mol. The van der Waals surface area contributed by atoms with Crippen molar-refractivity contribution in [1.29, 1.82) is 0 Å². The molecule has 2 aromatic rings. The van der Waals surface area contributed by atoms with Gasteiger partial charge in [0, 0.05) is 6.20 Å². The fourth-order valence-corrected chi connectivity index (χ4v) is 3.43. The van der Waals surface area contributed by atoms with Gasteiger partial charge in [0.15, 0.2) is 18.7 Å². The van der Waals surface area contributed by atoms with E-state index in [0.29, 0.717) is 4.68 Å². The Kier molecular flexibility index (Phi) is 6.36. The molecule has 2 aliphatic heterocycles. The van der Waals surface area contributed by atoms with Crippen LogP contribution in [0.25, 0.3) is 0 Å². The van der Waals surface area contributed by atoms with E-state index >= 15 is 0 Å². The predicted molar refractivity (Wildman–Crippen MR) is 103 cm³/mol. The Balaban J connectivity index is 1.36. The molecule has 2 aromatic heterocycles. The van der Waals surface area contributed by atoms with Gasteiger partial charge in [-0.1, -0.05) is 0 Å². The molecule has 8 atom stereocenters. The van der Waals surface area contributed by atoms with E-state index in [-0.39, 0.29) is 5.82 Å². The highest BCUT2D eigenvalue weighted by molar-refractivity contribution is 5.23. The quantitative estimate of drug-likeness (QED) is 0.194. The minimum Gasteiger partial charge on any atom is -0.387 e. The summed E-state index contributed by atoms with van der Waals surface area (Å²) in [5.41, 5.74) is 5.25. The second kappa shape index (κ2) is 9.08. The Labute approximate surface area is 182 Å². The van der Waals surface area contributed by atoms with E-state index < -0.39 is 72.7 Å². The van der Waals surface area contributed by atoms with E-state index in [2.05, 4.69) is 15.6 Å². The number of aliphatic hydroxyl groups excluding tert-OH is 4. The van der Waals surface area contributed by atoms with Crippen molar-refractivity contribution in [1.82, 2.24) is 29.8 Å². The number of ether oxygens (including phenoxy) is 2. The number of nitrogens with two attached hydrogens (primary N) is 1. The number of aliphatic hydroxyl groups is 4. The standard InChI is InChI=1S/C16H21N7O10/c17-6-1-2-22(15(29)19-6)13-11(28)9(26)12(33-13)21-31-4-5-8(25)10(27)14(32-5)23-16(30)20-7(24)3-18-23/h1-3,5,8-14,21,25-28H,4H2,(H2,17,19,29)(H,20,24,30)/t5-,8-,9+,10-,11-,12+,13-,14-/m1/s1. The number of hydroxylamine groups is 1. The van der Waals surface area contributed by atoms with Crippen molar-refractivity contribution in [3.8, 4) is 0 Å². The largest absolute Gasteiger partial charge is 0.387 e. The first-order chi connectivity index (χ1) is 15.7. The molecule has 2 aliphatic rings. The van der Waals surface area contributed by atoms with Gasteiger partial charge in [-0.15, -0.1) is 0 Å². The molecule has 0 amide bonds. The third-order valence-corrected chi connectivity index (χ3v) is 5.13. The molecule has 2 saturated heterocycles. The second-order valence-electron chi connectivity index (χ2n) is 7.33. The van der Waals surface area contributed by atoms with Gasteiger partial charge in [0.2, 0.25) is 0 Å². The Morgan fingerprint density at radius 3 is 2.52 bits per heavy atom. The van der Waals surface area contributed by atoms with Gasteiger partial charge in [-0.05, 0) is 6.07 Å². The highest BCUT2D eigenvalue weighted by Gasteiger charge is 2.47. The van der Waals surface area contributed by atoms with Crippen LogP contribution in [0.2, 0.25) is 0 Å². The molecule has 0 radical (unpaired) electrons. The van der Waals surface area contributed by atoms with Gasteiger partial charge in [-0.25, -0.2) is 9.59 Å². The van der Waals surface area contributed by atoms with Crippen LogP contribution in [0.1, 0.15) is 12.5 Å². The lowest BCUT2D eigenvalue weighted by molar-refractivity contribution is -0.150. The van der Waals surface area contributed by atoms with Crippen LogP contribution in [-0.2, 0) is 14.3 Å². The summed E-state index contributed by atoms with van der Waals surface area (Å²) in [6.07, 6.45) is -9.20. The highest BCUT2D eigenvalue weighted by Crippen LogP contribution is 2.29. The zero-order valence-corrected chi connectivity index (χ0v) is 16.7. The first-order valence-corrected chi connectivity index (χ1v) is 9.60. The second-order valence-corrected chi connectivity index (χ2v) is 7.33. The molecular formula is C16H21N7O10. The number of H-pyrrole nitrogens is 1. The predicted octanol–water partition coefficient (Wildman–Crippen LogP) is -5.51. The summed E-state index contributed by atoms with van der Waals surface area (Å²) in [7, 11) is 0. The maximum atomic E-state index is 12.0. The molecule has 0 unspecified atom stereocenters. The normalized spacial score (nSPS) is 34.1. The molecule has 0 aromatic carbocycles. The summed E-state index contributed by atoms with van der Waals surface area (Å²) >= 11 is 0. The molecule has 2 fully saturated rings. The Hall–Kier alpha value is -3.03. The lowest BCUT2D eigenvalue weighted by Gasteiger charge is -2.19. The maximum Gasteiger partial charge on any atom is 0.351 e. The first kappa shape index (κ1) is 23.1. The van der Waals surface area contributed by atoms with Crippen molar-refractivity contribution in [2.45, 2.75) is 49.2 Å². The number of hydrogen-bond donors (Lipinski definition) is 7. The van der Waals surface area contributed by atoms with Crippen LogP contribution >= 0.6 is 0 Å². The summed E-state index contributed by atoms with van der Waals surface area (Å²) < 4.78 is 12.4. The van der Waals surface area contributed by atoms with Crippen LogP contribution in [0, 0.1) is 0 Å². The number of nitrogen functional groups attached to an aromatic ring is 1. The van der Waals surface area contributed by atoms with Crippen LogP contribution in [0.3, 0.4) is 0 Å². The van der Waals surface area contributed by atoms with E-state index in [0.717, 1.165) is 10.8 Å². The minimum absolute atomic E-state index is 0.0303. The zero-order valence-electron chi connectivity index (χ0n) is 16.7. The Bertz CT molecular complexity index is 1170. The molecule has 180 valence electrons. The molecule has 0 aliphatic carbocycles. The van der Waals surface area contributed by atoms with E-state index in [4.69, 9.17) is 20.0 Å². The molecule has 8 N–H and O–H groups in total. The van der Waals surface area contributed by atoms with Crippen molar-refractivity contribution in [2.24, 2.45) is 0 Å². The van der Waals surface area contributed by atoms with Gasteiger partial charge < -0.3 is 35.6 Å². The fourth-order valence-electron chi connectivity index (χ4n) is 3.43. The van der Waals surface area contributed by atoms with Crippen LogP contribution < -0.4 is 28.2 Å². The van der Waals surface area contributed by atoms with Gasteiger partial charge in [0.05, 0.1) is 6.61 Å². The number of aromatic nitrogens is 5. The van der Waals surface area contributed by atoms with Gasteiger partial charge >= 0.3 is 11.4 Å². The SMILES string of the molecule is Nc1ccn([C@@H]2O[C@H](NOC[C@H]3O[C@@H](n4ncc(=O)[nH]c4=O)[C@H](O)[C@@H]3O)[C@@H](O)[C@H]2O)c(=O)n1. The maximum absolute atomic E-state index is 12.0. The van der Waals surface area contributed by atoms with E-state index in [9.17, 15) is 34.8 Å². The Morgan fingerprint density at radius 2 is 1.82 bits per heavy atom. The lowest BCUT2D eigenvalue weighted by Crippen LogP contribution is -2.43. The van der Waals surface area contributed by atoms with Crippen molar-refractivity contribution in [2.75, 3.05) is 12.3 Å². The third-order valence-electron chi connectivity index (χ3n) is 5.13. The van der Waals surface area contributed by atoms with E-state index in [1.54, 1.807) is 0 Å². The molecule has 0 bridgehead atoms. The molecule has 33 heavy (non-hydrogen) atoms. The van der Waals surface area contributed by atoms with Gasteiger partial charge in [0.1, 0.15) is 42.5 Å². The van der Waals surface area contributed by atoms with Gasteiger partial charge in [-0.3, -0.25) is 19.2 Å². The summed E-state index contributed by atoms with van der Waals surface area (Å²) in [6.45, 7) is -0.399. The van der Waals surface area contributed by atoms with Crippen LogP contribution in [0.15, 0.2) is 32.8 Å². The van der Waals surface area contributed by atoms with Crippen LogP contribution in [-0.4, -0.2) is 88.1 Å². The summed E-state index contributed by atoms with van der Waals surface area (Å²) in [5.74, 6) is -0.0303. The fraction of sp³-hybridized carbons (Fsp3) is 0.562. The average Bonchev–Trinajstić information content (AvgIpc) is 3.19. The lowest BCUT2D eigenvalue weighted by atomic mass is 10.1. The number of hydrogen-bond acceptors (Lipinski definition) is 14. The smallest absolute Gasteiger partial charge is 0.351 e. The molecule has 0 spiro atoms. The molecule has 17 heteroatoms. The first-order valence-electron chi connectivity index (χ1n) is 9.60. The van der Waals surface area contributed by atoms with Crippen molar-refractivity contribution >= 4 is 5.82 Å². The van der Waals surface area contributed by atoms with Crippen molar-refractivity contribution in [3.63, 3.8) is 0 Å². The number of aromatic amines is 1. The molecule has 0 saturated carbocycles. The molecular weight excluding hydrogens is 450 g/mol. The molecule has 4 heterocycles. The number of anilines is 1. The van der Waals surface area contributed by atoms with E-state index in [1.165, 1.54) is 12.3 Å².